The van der Waals surface area contributed by atoms with Crippen molar-refractivity contribution < 1.29 is 9.53 Å². The fourth-order valence-electron chi connectivity index (χ4n) is 2.15. The molecule has 1 aliphatic rings. The maximum absolute atomic E-state index is 11.7. The molecule has 2 rings (SSSR count). The molecule has 1 aromatic carbocycles. The Balaban J connectivity index is 2.16. The normalized spacial score (nSPS) is 17.9. The second kappa shape index (κ2) is 5.71. The third kappa shape index (κ3) is 2.92. The van der Waals surface area contributed by atoms with Crippen LogP contribution in [0.15, 0.2) is 30.0 Å². The van der Waals surface area contributed by atoms with Gasteiger partial charge in [0.2, 0.25) is 0 Å². The first-order valence-electron chi connectivity index (χ1n) is 6.34. The second-order valence-corrected chi connectivity index (χ2v) is 4.65. The molecule has 0 atom stereocenters. The molecule has 0 radical (unpaired) electrons. The van der Waals surface area contributed by atoms with Crippen LogP contribution in [0.25, 0.3) is 0 Å². The topological polar surface area (TPSA) is 38.3 Å². The zero-order valence-electron chi connectivity index (χ0n) is 11.0. The maximum Gasteiger partial charge on any atom is 0.160 e. The van der Waals surface area contributed by atoms with Crippen molar-refractivity contribution in [1.82, 2.24) is 0 Å². The van der Waals surface area contributed by atoms with Crippen LogP contribution in [0.1, 0.15) is 31.2 Å². The summed E-state index contributed by atoms with van der Waals surface area (Å²) in [4.78, 5) is 11.7. The Hall–Kier alpha value is -1.77. The van der Waals surface area contributed by atoms with Crippen molar-refractivity contribution in [2.75, 3.05) is 12.4 Å². The first kappa shape index (κ1) is 12.7. The van der Waals surface area contributed by atoms with E-state index in [-0.39, 0.29) is 5.78 Å². The number of rotatable bonds is 3. The average Bonchev–Trinajstić information content (AvgIpc) is 2.38. The lowest BCUT2D eigenvalue weighted by Gasteiger charge is -2.14. The number of anilines is 1. The van der Waals surface area contributed by atoms with Crippen LogP contribution >= 0.6 is 0 Å². The van der Waals surface area contributed by atoms with Gasteiger partial charge in [-0.15, -0.1) is 0 Å². The summed E-state index contributed by atoms with van der Waals surface area (Å²) >= 11 is 0. The number of hydrogen-bond donors (Lipinski definition) is 1. The van der Waals surface area contributed by atoms with Crippen molar-refractivity contribution in [2.45, 2.75) is 32.6 Å². The highest BCUT2D eigenvalue weighted by Crippen LogP contribution is 2.26. The molecule has 0 heterocycles. The number of Topliss-reactive ketones (excluding diaryl/α,β-unsaturated/α-hetero) is 1. The molecule has 1 aliphatic carbocycles. The lowest BCUT2D eigenvalue weighted by molar-refractivity contribution is -0.116. The van der Waals surface area contributed by atoms with Gasteiger partial charge in [0.25, 0.3) is 0 Å². The number of carbonyl (C=O) groups excluding carboxylic acids is 1. The van der Waals surface area contributed by atoms with Gasteiger partial charge in [-0.1, -0.05) is 6.07 Å². The third-order valence-corrected chi connectivity index (χ3v) is 3.21. The van der Waals surface area contributed by atoms with Gasteiger partial charge in [-0.3, -0.25) is 4.79 Å². The minimum atomic E-state index is 0.264. The second-order valence-electron chi connectivity index (χ2n) is 4.65. The van der Waals surface area contributed by atoms with Crippen LogP contribution < -0.4 is 10.1 Å². The number of benzene rings is 1. The Labute approximate surface area is 108 Å². The number of ether oxygens (including phenoxy) is 1. The van der Waals surface area contributed by atoms with Gasteiger partial charge in [0.05, 0.1) is 12.8 Å². The Morgan fingerprint density at radius 2 is 2.06 bits per heavy atom. The Morgan fingerprint density at radius 1 is 1.28 bits per heavy atom. The maximum atomic E-state index is 11.7. The van der Waals surface area contributed by atoms with E-state index in [4.69, 9.17) is 4.74 Å². The summed E-state index contributed by atoms with van der Waals surface area (Å²) in [6.45, 7) is 2.03. The number of carbonyl (C=O) groups is 1. The van der Waals surface area contributed by atoms with Gasteiger partial charge >= 0.3 is 0 Å². The fraction of sp³-hybridized carbons (Fsp3) is 0.400. The highest BCUT2D eigenvalue weighted by Gasteiger charge is 2.14. The largest absolute Gasteiger partial charge is 0.495 e. The third-order valence-electron chi connectivity index (χ3n) is 3.21. The van der Waals surface area contributed by atoms with E-state index in [1.807, 2.05) is 31.3 Å². The molecule has 0 aromatic heterocycles. The van der Waals surface area contributed by atoms with Crippen LogP contribution in [0.4, 0.5) is 5.69 Å². The summed E-state index contributed by atoms with van der Waals surface area (Å²) in [6, 6.07) is 5.95. The van der Waals surface area contributed by atoms with E-state index in [0.29, 0.717) is 6.42 Å². The van der Waals surface area contributed by atoms with Gasteiger partial charge in [-0.05, 0) is 43.9 Å². The number of allylic oxidation sites excluding steroid dienone is 1. The van der Waals surface area contributed by atoms with E-state index >= 15 is 0 Å². The molecule has 0 unspecified atom stereocenters. The van der Waals surface area contributed by atoms with Crippen LogP contribution in [0.2, 0.25) is 0 Å². The Kier molecular flexibility index (Phi) is 4.03. The first-order valence-corrected chi connectivity index (χ1v) is 6.34. The van der Waals surface area contributed by atoms with Gasteiger partial charge in [-0.2, -0.15) is 0 Å². The van der Waals surface area contributed by atoms with E-state index in [1.54, 1.807) is 7.11 Å². The van der Waals surface area contributed by atoms with Crippen molar-refractivity contribution in [3.63, 3.8) is 0 Å². The van der Waals surface area contributed by atoms with E-state index in [9.17, 15) is 4.79 Å². The van der Waals surface area contributed by atoms with E-state index < -0.39 is 0 Å². The molecule has 0 amide bonds. The molecule has 18 heavy (non-hydrogen) atoms. The fourth-order valence-corrected chi connectivity index (χ4v) is 2.15. The quantitative estimate of drug-likeness (QED) is 0.829. The van der Waals surface area contributed by atoms with Crippen LogP contribution in [0.5, 0.6) is 5.75 Å². The van der Waals surface area contributed by atoms with E-state index in [1.165, 1.54) is 0 Å². The lowest BCUT2D eigenvalue weighted by atomic mass is 9.94. The first-order chi connectivity index (χ1) is 8.70. The summed E-state index contributed by atoms with van der Waals surface area (Å²) in [6.07, 6.45) is 5.51. The molecule has 96 valence electrons. The van der Waals surface area contributed by atoms with Crippen LogP contribution in [-0.4, -0.2) is 12.9 Å². The summed E-state index contributed by atoms with van der Waals surface area (Å²) in [5.41, 5.74) is 2.96. The van der Waals surface area contributed by atoms with Gasteiger partial charge in [0, 0.05) is 18.2 Å². The van der Waals surface area contributed by atoms with Gasteiger partial charge in [0.15, 0.2) is 5.78 Å². The van der Waals surface area contributed by atoms with Crippen molar-refractivity contribution in [3.8, 4) is 5.75 Å². The summed E-state index contributed by atoms with van der Waals surface area (Å²) in [7, 11) is 1.65. The standard InChI is InChI=1S/C15H19NO2/c1-11-7-8-15(18-2)13(9-11)16-10-12-5-3-4-6-14(12)17/h7-10,16H,3-6H2,1-2H3. The molecular formula is C15H19NO2. The minimum absolute atomic E-state index is 0.264. The number of nitrogens with one attached hydrogen (secondary N) is 1. The molecule has 1 fully saturated rings. The summed E-state index contributed by atoms with van der Waals surface area (Å²) < 4.78 is 5.29. The SMILES string of the molecule is COc1ccc(C)cc1NC=C1CCCCC1=O. The van der Waals surface area contributed by atoms with E-state index in [0.717, 1.165) is 41.8 Å². The zero-order valence-corrected chi connectivity index (χ0v) is 11.0. The van der Waals surface area contributed by atoms with Gasteiger partial charge in [0.1, 0.15) is 5.75 Å². The van der Waals surface area contributed by atoms with Crippen LogP contribution in [-0.2, 0) is 4.79 Å². The predicted molar refractivity (Wildman–Crippen MR) is 72.9 cm³/mol. The van der Waals surface area contributed by atoms with Gasteiger partial charge < -0.3 is 10.1 Å². The van der Waals surface area contributed by atoms with Crippen molar-refractivity contribution in [2.24, 2.45) is 0 Å². The van der Waals surface area contributed by atoms with Crippen LogP contribution in [0, 0.1) is 6.92 Å². The summed E-state index contributed by atoms with van der Waals surface area (Å²) in [5, 5.41) is 3.20. The van der Waals surface area contributed by atoms with Crippen LogP contribution in [0.3, 0.4) is 0 Å². The smallest absolute Gasteiger partial charge is 0.160 e. The molecule has 1 aromatic rings. The molecule has 0 aliphatic heterocycles. The number of ketones is 1. The molecule has 1 N–H and O–H groups in total. The van der Waals surface area contributed by atoms with Gasteiger partial charge in [-0.25, -0.2) is 0 Å². The molecular weight excluding hydrogens is 226 g/mol. The monoisotopic (exact) mass is 245 g/mol. The molecule has 3 heteroatoms. The number of hydrogen-bond acceptors (Lipinski definition) is 3. The van der Waals surface area contributed by atoms with E-state index in [2.05, 4.69) is 5.32 Å². The Bertz CT molecular complexity index is 477. The minimum Gasteiger partial charge on any atom is -0.495 e. The summed E-state index contributed by atoms with van der Waals surface area (Å²) in [5.74, 6) is 1.06. The molecule has 0 saturated heterocycles. The van der Waals surface area contributed by atoms with Crippen molar-refractivity contribution in [3.05, 3.63) is 35.5 Å². The van der Waals surface area contributed by atoms with Crippen molar-refractivity contribution in [1.29, 1.82) is 0 Å². The molecule has 1 saturated carbocycles. The highest BCUT2D eigenvalue weighted by atomic mass is 16.5. The molecule has 0 bridgehead atoms. The zero-order chi connectivity index (χ0) is 13.0. The van der Waals surface area contributed by atoms with Crippen molar-refractivity contribution >= 4 is 11.5 Å². The molecule has 0 spiro atoms. The number of aryl methyl sites for hydroxylation is 1. The average molecular weight is 245 g/mol. The predicted octanol–water partition coefficient (Wildman–Crippen LogP) is 3.44. The number of methoxy groups -OCH3 is 1. The lowest BCUT2D eigenvalue weighted by Crippen LogP contribution is -2.10. The highest BCUT2D eigenvalue weighted by molar-refractivity contribution is 5.96. The molecule has 3 nitrogen and oxygen atoms in total. The Morgan fingerprint density at radius 3 is 2.78 bits per heavy atom.